The van der Waals surface area contributed by atoms with Gasteiger partial charge in [0.1, 0.15) is 16.5 Å². The van der Waals surface area contributed by atoms with Gasteiger partial charge in [-0.2, -0.15) is 4.98 Å². The summed E-state index contributed by atoms with van der Waals surface area (Å²) >= 11 is 1.24. The summed E-state index contributed by atoms with van der Waals surface area (Å²) in [7, 11) is 3.30. The molecule has 0 aliphatic heterocycles. The van der Waals surface area contributed by atoms with Gasteiger partial charge in [-0.15, -0.1) is 10.2 Å². The Bertz CT molecular complexity index is 1510. The van der Waals surface area contributed by atoms with Gasteiger partial charge in [0, 0.05) is 36.7 Å². The van der Waals surface area contributed by atoms with Gasteiger partial charge in [-0.25, -0.2) is 14.2 Å². The molecule has 3 N–H and O–H groups in total. The van der Waals surface area contributed by atoms with E-state index in [0.717, 1.165) is 5.01 Å². The van der Waals surface area contributed by atoms with Crippen molar-refractivity contribution in [3.8, 4) is 11.1 Å². The number of nitrogens with zero attached hydrogens (tertiary/aromatic N) is 5. The first-order valence-corrected chi connectivity index (χ1v) is 11.6. The van der Waals surface area contributed by atoms with Gasteiger partial charge in [0.05, 0.1) is 5.69 Å². The van der Waals surface area contributed by atoms with Crippen molar-refractivity contribution in [2.45, 2.75) is 33.1 Å². The second-order valence-electron chi connectivity index (χ2n) is 9.03. The minimum Gasteiger partial charge on any atom is -0.357 e. The van der Waals surface area contributed by atoms with E-state index in [4.69, 9.17) is 0 Å². The average Bonchev–Trinajstić information content (AvgIpc) is 3.27. The zero-order valence-electron chi connectivity index (χ0n) is 20.1. The number of hydrogen-bond donors (Lipinski definition) is 3. The highest BCUT2D eigenvalue weighted by molar-refractivity contribution is 7.15. The van der Waals surface area contributed by atoms with Crippen molar-refractivity contribution in [3.05, 3.63) is 51.1 Å². The molecule has 0 fully saturated rings. The third kappa shape index (κ3) is 4.83. The number of fused-ring (bicyclic) bond motifs is 1. The molecular weight excluding hydrogens is 471 g/mol. The fourth-order valence-electron chi connectivity index (χ4n) is 3.45. The molecule has 2 amide bonds. The lowest BCUT2D eigenvalue weighted by Crippen LogP contribution is -2.22. The zero-order valence-corrected chi connectivity index (χ0v) is 21.0. The van der Waals surface area contributed by atoms with Crippen LogP contribution in [0.1, 0.15) is 31.3 Å². The molecule has 0 radical (unpaired) electrons. The number of aromatic nitrogens is 5. The van der Waals surface area contributed by atoms with E-state index in [1.807, 2.05) is 20.8 Å². The van der Waals surface area contributed by atoms with Crippen LogP contribution in [0.15, 0.2) is 29.2 Å². The van der Waals surface area contributed by atoms with Gasteiger partial charge < -0.3 is 10.6 Å². The van der Waals surface area contributed by atoms with Crippen molar-refractivity contribution in [1.29, 1.82) is 0 Å². The summed E-state index contributed by atoms with van der Waals surface area (Å²) < 4.78 is 16.2. The average molecular weight is 497 g/mol. The van der Waals surface area contributed by atoms with Crippen molar-refractivity contribution >= 4 is 45.2 Å². The van der Waals surface area contributed by atoms with Crippen LogP contribution in [0, 0.1) is 12.7 Å². The maximum absolute atomic E-state index is 14.7. The van der Waals surface area contributed by atoms with Crippen molar-refractivity contribution in [2.75, 3.05) is 23.0 Å². The van der Waals surface area contributed by atoms with Crippen LogP contribution >= 0.6 is 11.3 Å². The summed E-state index contributed by atoms with van der Waals surface area (Å²) in [6.07, 6.45) is 1.61. The number of benzene rings is 1. The maximum atomic E-state index is 14.7. The first kappa shape index (κ1) is 24.2. The fraction of sp³-hybridized carbons (Fsp3) is 0.304. The summed E-state index contributed by atoms with van der Waals surface area (Å²) in [4.78, 5) is 34.2. The molecule has 3 aromatic heterocycles. The van der Waals surface area contributed by atoms with E-state index >= 15 is 0 Å². The van der Waals surface area contributed by atoms with Crippen LogP contribution in [0.2, 0.25) is 0 Å². The Morgan fingerprint density at radius 2 is 1.86 bits per heavy atom. The van der Waals surface area contributed by atoms with E-state index in [-0.39, 0.29) is 16.7 Å². The van der Waals surface area contributed by atoms with Gasteiger partial charge in [-0.3, -0.25) is 14.7 Å². The van der Waals surface area contributed by atoms with Crippen molar-refractivity contribution in [1.82, 2.24) is 24.7 Å². The largest absolute Gasteiger partial charge is 0.357 e. The molecule has 0 aliphatic rings. The lowest BCUT2D eigenvalue weighted by Gasteiger charge is -2.14. The Kier molecular flexibility index (Phi) is 6.24. The molecule has 35 heavy (non-hydrogen) atoms. The Labute approximate surface area is 204 Å². The smallest absolute Gasteiger partial charge is 0.325 e. The highest BCUT2D eigenvalue weighted by Crippen LogP contribution is 2.30. The molecule has 3 heterocycles. The minimum atomic E-state index is -0.672. The molecular formula is C23H25FN8O2S. The fourth-order valence-corrected chi connectivity index (χ4v) is 4.24. The maximum Gasteiger partial charge on any atom is 0.325 e. The van der Waals surface area contributed by atoms with Crippen LogP contribution in [-0.4, -0.2) is 37.8 Å². The van der Waals surface area contributed by atoms with Gasteiger partial charge in [0.2, 0.25) is 11.1 Å². The Morgan fingerprint density at radius 1 is 1.11 bits per heavy atom. The molecule has 4 rings (SSSR count). The molecule has 0 saturated heterocycles. The SMILES string of the molecule is CNc1ncc2cc(-c3cc(NC(=O)Nc4nnc(C(C)(C)C)s4)c(F)cc3C)c(=O)n(C)c2n1. The number of nitrogens with one attached hydrogen (secondary N) is 3. The summed E-state index contributed by atoms with van der Waals surface area (Å²) in [6, 6.07) is 3.71. The number of halogens is 1. The van der Waals surface area contributed by atoms with Crippen LogP contribution in [-0.2, 0) is 12.5 Å². The second-order valence-corrected chi connectivity index (χ2v) is 10.0. The molecule has 1 aromatic carbocycles. The summed E-state index contributed by atoms with van der Waals surface area (Å²) in [5, 5.41) is 17.7. The van der Waals surface area contributed by atoms with Crippen LogP contribution in [0.3, 0.4) is 0 Å². The molecule has 10 nitrogen and oxygen atoms in total. The topological polar surface area (TPSA) is 127 Å². The molecule has 0 unspecified atom stereocenters. The van der Waals surface area contributed by atoms with Crippen molar-refractivity contribution < 1.29 is 9.18 Å². The van der Waals surface area contributed by atoms with Crippen LogP contribution < -0.4 is 21.5 Å². The number of anilines is 3. The number of amides is 2. The zero-order chi connectivity index (χ0) is 25.5. The highest BCUT2D eigenvalue weighted by atomic mass is 32.1. The highest BCUT2D eigenvalue weighted by Gasteiger charge is 2.21. The number of pyridine rings is 1. The Balaban J connectivity index is 1.67. The monoisotopic (exact) mass is 496 g/mol. The number of carbonyl (C=O) groups excluding carboxylic acids is 1. The molecule has 0 bridgehead atoms. The van der Waals surface area contributed by atoms with Crippen LogP contribution in [0.4, 0.5) is 26.0 Å². The van der Waals surface area contributed by atoms with E-state index in [1.165, 1.54) is 28.0 Å². The van der Waals surface area contributed by atoms with E-state index in [9.17, 15) is 14.0 Å². The van der Waals surface area contributed by atoms with Gasteiger partial charge in [-0.1, -0.05) is 32.1 Å². The molecule has 0 saturated carbocycles. The van der Waals surface area contributed by atoms with Gasteiger partial charge >= 0.3 is 6.03 Å². The molecule has 4 aromatic rings. The minimum absolute atomic E-state index is 0.0763. The first-order chi connectivity index (χ1) is 16.5. The Morgan fingerprint density at radius 3 is 2.51 bits per heavy atom. The third-order valence-electron chi connectivity index (χ3n) is 5.31. The van der Waals surface area contributed by atoms with Gasteiger partial charge in [0.25, 0.3) is 5.56 Å². The third-order valence-corrected chi connectivity index (χ3v) is 6.58. The lowest BCUT2D eigenvalue weighted by molar-refractivity contribution is 0.262. The quantitative estimate of drug-likeness (QED) is 0.385. The molecule has 12 heteroatoms. The summed E-state index contributed by atoms with van der Waals surface area (Å²) in [5.41, 5.74) is 1.21. The number of carbonyl (C=O) groups is 1. The number of rotatable bonds is 4. The normalized spacial score (nSPS) is 11.5. The van der Waals surface area contributed by atoms with Crippen LogP contribution in [0.25, 0.3) is 22.2 Å². The molecule has 0 aliphatic carbocycles. The second kappa shape index (κ2) is 9.02. The molecule has 182 valence electrons. The van der Waals surface area contributed by atoms with Crippen molar-refractivity contribution in [2.24, 2.45) is 7.05 Å². The Hall–Kier alpha value is -3.93. The predicted molar refractivity (Wildman–Crippen MR) is 136 cm³/mol. The van der Waals surface area contributed by atoms with E-state index in [1.54, 1.807) is 33.3 Å². The standard InChI is InChI=1S/C23H25FN8O2S/c1-11-7-15(24)16(27-21(34)29-22-31-30-19(35-22)23(2,3)4)9-13(11)14-8-12-10-26-20(25-5)28-17(12)32(6)18(14)33/h7-10H,1-6H3,(H,25,26,28)(H2,27,29,31,34). The lowest BCUT2D eigenvalue weighted by atomic mass is 9.98. The van der Waals surface area contributed by atoms with Gasteiger partial charge in [-0.05, 0) is 36.2 Å². The molecule has 0 atom stereocenters. The van der Waals surface area contributed by atoms with E-state index in [0.29, 0.717) is 38.8 Å². The number of aryl methyl sites for hydroxylation is 2. The number of hydrogen-bond acceptors (Lipinski definition) is 8. The number of urea groups is 1. The van der Waals surface area contributed by atoms with E-state index < -0.39 is 11.8 Å². The summed E-state index contributed by atoms with van der Waals surface area (Å²) in [6.45, 7) is 7.66. The van der Waals surface area contributed by atoms with Gasteiger partial charge in [0.15, 0.2) is 0 Å². The first-order valence-electron chi connectivity index (χ1n) is 10.7. The molecule has 0 spiro atoms. The van der Waals surface area contributed by atoms with Crippen LogP contribution in [0.5, 0.6) is 0 Å². The van der Waals surface area contributed by atoms with E-state index in [2.05, 4.69) is 36.1 Å². The van der Waals surface area contributed by atoms with Crippen molar-refractivity contribution in [3.63, 3.8) is 0 Å². The summed E-state index contributed by atoms with van der Waals surface area (Å²) in [5.74, 6) is -0.241. The predicted octanol–water partition coefficient (Wildman–Crippen LogP) is 4.28.